The molecule has 1 heterocycles. The third kappa shape index (κ3) is 5.56. The smallest absolute Gasteiger partial charge is 0.182 e. The molecule has 4 nitrogen and oxygen atoms in total. The first-order valence-corrected chi connectivity index (χ1v) is 13.1. The summed E-state index contributed by atoms with van der Waals surface area (Å²) in [5, 5.41) is 20.2. The molecular formula is C31H43BrN2O2. The number of phenolic OH excluding ortho intramolecular Hbond substituents is 1. The molecule has 2 fully saturated rings. The van der Waals surface area contributed by atoms with Crippen LogP contribution in [-0.2, 0) is 17.3 Å². The SMILES string of the molecule is Br.CC(C)(C)c1cc(C(=O)CN2CC3(CCCC3)C(Cc3ccccc3)C2=N)cc(C(C)(C)C)c1O. The standard InChI is InChI=1S/C31H42N2O2.BrH/c1-29(2,3)23-17-22(18-24(27(23)35)30(4,5)6)26(34)19-33-20-31(14-10-11-15-31)25(28(33)32)16-21-12-8-7-9-13-21;/h7-9,12-13,17-18,25,32,35H,10-11,14-16,19-20H2,1-6H3;1H. The Kier molecular flexibility index (Phi) is 8.15. The van der Waals surface area contributed by atoms with Gasteiger partial charge in [0.25, 0.3) is 0 Å². The molecule has 0 bridgehead atoms. The molecule has 4 rings (SSSR count). The van der Waals surface area contributed by atoms with Crippen LogP contribution in [0.15, 0.2) is 42.5 Å². The van der Waals surface area contributed by atoms with Gasteiger partial charge in [-0.3, -0.25) is 10.2 Å². The Labute approximate surface area is 227 Å². The van der Waals surface area contributed by atoms with E-state index in [1.165, 1.54) is 18.4 Å². The lowest BCUT2D eigenvalue weighted by atomic mass is 9.73. The number of likely N-dealkylation sites (tertiary alicyclic amines) is 1. The minimum Gasteiger partial charge on any atom is -0.507 e. The normalized spacial score (nSPS) is 19.6. The van der Waals surface area contributed by atoms with Crippen LogP contribution in [0, 0.1) is 16.7 Å². The van der Waals surface area contributed by atoms with Crippen molar-refractivity contribution < 1.29 is 9.90 Å². The average Bonchev–Trinajstić information content (AvgIpc) is 3.33. The summed E-state index contributed by atoms with van der Waals surface area (Å²) in [4.78, 5) is 15.7. The van der Waals surface area contributed by atoms with Gasteiger partial charge >= 0.3 is 0 Å². The predicted octanol–water partition coefficient (Wildman–Crippen LogP) is 7.46. The molecule has 1 saturated carbocycles. The van der Waals surface area contributed by atoms with E-state index in [2.05, 4.69) is 65.8 Å². The van der Waals surface area contributed by atoms with Crippen LogP contribution in [0.3, 0.4) is 0 Å². The summed E-state index contributed by atoms with van der Waals surface area (Å²) < 4.78 is 0. The van der Waals surface area contributed by atoms with Gasteiger partial charge in [0.1, 0.15) is 11.6 Å². The van der Waals surface area contributed by atoms with E-state index in [0.29, 0.717) is 17.1 Å². The Bertz CT molecular complexity index is 1070. The highest BCUT2D eigenvalue weighted by molar-refractivity contribution is 8.93. The van der Waals surface area contributed by atoms with Crippen LogP contribution in [0.4, 0.5) is 0 Å². The molecule has 196 valence electrons. The zero-order valence-corrected chi connectivity index (χ0v) is 24.5. The van der Waals surface area contributed by atoms with Crippen molar-refractivity contribution >= 4 is 28.6 Å². The third-order valence-corrected chi connectivity index (χ3v) is 8.18. The fourth-order valence-corrected chi connectivity index (χ4v) is 6.18. The van der Waals surface area contributed by atoms with Crippen molar-refractivity contribution in [3.63, 3.8) is 0 Å². The number of hydrogen-bond donors (Lipinski definition) is 2. The van der Waals surface area contributed by atoms with Crippen molar-refractivity contribution in [3.05, 3.63) is 64.7 Å². The van der Waals surface area contributed by atoms with E-state index in [1.54, 1.807) is 0 Å². The number of ketones is 1. The van der Waals surface area contributed by atoms with E-state index in [4.69, 9.17) is 5.41 Å². The molecule has 2 aromatic rings. The van der Waals surface area contributed by atoms with Crippen LogP contribution < -0.4 is 0 Å². The quantitative estimate of drug-likeness (QED) is 0.377. The second-order valence-electron chi connectivity index (χ2n) is 12.9. The highest BCUT2D eigenvalue weighted by Crippen LogP contribution is 2.51. The molecule has 1 spiro atoms. The molecule has 1 unspecified atom stereocenters. The number of Topliss-reactive ketones (excluding diaryl/α,β-unsaturated/α-hetero) is 1. The first-order chi connectivity index (χ1) is 16.3. The Hall–Kier alpha value is -2.14. The van der Waals surface area contributed by atoms with Crippen LogP contribution in [-0.4, -0.2) is 34.7 Å². The maximum Gasteiger partial charge on any atom is 0.182 e. The number of amidine groups is 1. The van der Waals surface area contributed by atoms with E-state index >= 15 is 0 Å². The lowest BCUT2D eigenvalue weighted by Crippen LogP contribution is -2.33. The summed E-state index contributed by atoms with van der Waals surface area (Å²) in [6.07, 6.45) is 5.56. The van der Waals surface area contributed by atoms with Gasteiger partial charge in [-0.1, -0.05) is 84.7 Å². The maximum absolute atomic E-state index is 13.7. The minimum absolute atomic E-state index is 0. The van der Waals surface area contributed by atoms with E-state index in [9.17, 15) is 9.90 Å². The Morgan fingerprint density at radius 3 is 2.03 bits per heavy atom. The fraction of sp³-hybridized carbons (Fsp3) is 0.548. The third-order valence-electron chi connectivity index (χ3n) is 8.18. The van der Waals surface area contributed by atoms with Crippen LogP contribution in [0.1, 0.15) is 94.3 Å². The Balaban J connectivity index is 0.00000361. The second-order valence-corrected chi connectivity index (χ2v) is 12.9. The summed E-state index contributed by atoms with van der Waals surface area (Å²) in [5.74, 6) is 1.10. The first kappa shape index (κ1) is 28.4. The molecule has 1 saturated heterocycles. The zero-order chi connectivity index (χ0) is 25.6. The number of benzene rings is 2. The van der Waals surface area contributed by atoms with Gasteiger partial charge in [0.05, 0.1) is 6.54 Å². The molecule has 0 aromatic heterocycles. The largest absolute Gasteiger partial charge is 0.507 e. The van der Waals surface area contributed by atoms with Crippen molar-refractivity contribution in [1.82, 2.24) is 4.90 Å². The fourth-order valence-electron chi connectivity index (χ4n) is 6.18. The highest BCUT2D eigenvalue weighted by Gasteiger charge is 2.51. The van der Waals surface area contributed by atoms with Crippen molar-refractivity contribution in [2.24, 2.45) is 11.3 Å². The number of carbonyl (C=O) groups excluding carboxylic acids is 1. The number of aromatic hydroxyl groups is 1. The van der Waals surface area contributed by atoms with Gasteiger partial charge in [-0.2, -0.15) is 0 Å². The molecule has 36 heavy (non-hydrogen) atoms. The molecule has 1 aliphatic heterocycles. The second kappa shape index (κ2) is 10.3. The first-order valence-electron chi connectivity index (χ1n) is 13.1. The molecule has 2 aromatic carbocycles. The average molecular weight is 556 g/mol. The summed E-state index contributed by atoms with van der Waals surface area (Å²) in [7, 11) is 0. The summed E-state index contributed by atoms with van der Waals surface area (Å²) >= 11 is 0. The molecule has 2 N–H and O–H groups in total. The molecule has 0 amide bonds. The monoisotopic (exact) mass is 554 g/mol. The lowest BCUT2D eigenvalue weighted by molar-refractivity contribution is 0.0955. The lowest BCUT2D eigenvalue weighted by Gasteiger charge is -2.29. The summed E-state index contributed by atoms with van der Waals surface area (Å²) in [6, 6.07) is 14.2. The van der Waals surface area contributed by atoms with Gasteiger partial charge < -0.3 is 10.0 Å². The zero-order valence-electron chi connectivity index (χ0n) is 22.8. The summed E-state index contributed by atoms with van der Waals surface area (Å²) in [5.41, 5.74) is 3.06. The Morgan fingerprint density at radius 2 is 1.53 bits per heavy atom. The Morgan fingerprint density at radius 1 is 1.00 bits per heavy atom. The minimum atomic E-state index is -0.282. The molecule has 1 aliphatic carbocycles. The van der Waals surface area contributed by atoms with Gasteiger partial charge in [-0.25, -0.2) is 0 Å². The molecular weight excluding hydrogens is 512 g/mol. The predicted molar refractivity (Wildman–Crippen MR) is 154 cm³/mol. The number of nitrogens with zero attached hydrogens (tertiary/aromatic N) is 1. The van der Waals surface area contributed by atoms with Crippen LogP contribution in [0.2, 0.25) is 0 Å². The molecule has 2 aliphatic rings. The van der Waals surface area contributed by atoms with E-state index in [-0.39, 0.29) is 51.5 Å². The highest BCUT2D eigenvalue weighted by atomic mass is 79.9. The van der Waals surface area contributed by atoms with E-state index in [1.807, 2.05) is 23.1 Å². The summed E-state index contributed by atoms with van der Waals surface area (Å²) in [6.45, 7) is 13.4. The van der Waals surface area contributed by atoms with E-state index < -0.39 is 0 Å². The van der Waals surface area contributed by atoms with Gasteiger partial charge in [-0.15, -0.1) is 17.0 Å². The number of phenols is 1. The molecule has 5 heteroatoms. The van der Waals surface area contributed by atoms with Crippen molar-refractivity contribution in [3.8, 4) is 5.75 Å². The van der Waals surface area contributed by atoms with Gasteiger partial charge in [0, 0.05) is 29.2 Å². The maximum atomic E-state index is 13.7. The van der Waals surface area contributed by atoms with Crippen molar-refractivity contribution in [2.75, 3.05) is 13.1 Å². The number of hydrogen-bond acceptors (Lipinski definition) is 3. The van der Waals surface area contributed by atoms with Gasteiger partial charge in [0.2, 0.25) is 0 Å². The van der Waals surface area contributed by atoms with E-state index in [0.717, 1.165) is 36.9 Å². The van der Waals surface area contributed by atoms with Crippen LogP contribution in [0.5, 0.6) is 5.75 Å². The number of carbonyl (C=O) groups is 1. The molecule has 0 radical (unpaired) electrons. The van der Waals surface area contributed by atoms with Crippen molar-refractivity contribution in [1.29, 1.82) is 5.41 Å². The van der Waals surface area contributed by atoms with Crippen LogP contribution >= 0.6 is 17.0 Å². The van der Waals surface area contributed by atoms with Gasteiger partial charge in [0.15, 0.2) is 5.78 Å². The number of nitrogens with one attached hydrogen (secondary N) is 1. The number of rotatable bonds is 5. The van der Waals surface area contributed by atoms with Crippen LogP contribution in [0.25, 0.3) is 0 Å². The molecule has 1 atom stereocenters. The van der Waals surface area contributed by atoms with Crippen molar-refractivity contribution in [2.45, 2.75) is 84.5 Å². The van der Waals surface area contributed by atoms with Gasteiger partial charge in [-0.05, 0) is 53.2 Å². The topological polar surface area (TPSA) is 64.4 Å². The number of halogens is 1.